The van der Waals surface area contributed by atoms with Crippen LogP contribution in [0.15, 0.2) is 12.3 Å². The first-order valence-corrected chi connectivity index (χ1v) is 5.05. The van der Waals surface area contributed by atoms with Crippen molar-refractivity contribution in [2.24, 2.45) is 5.84 Å². The molecule has 1 fully saturated rings. The fourth-order valence-electron chi connectivity index (χ4n) is 1.52. The summed E-state index contributed by atoms with van der Waals surface area (Å²) in [5, 5.41) is 13.0. The Bertz CT molecular complexity index is 354. The number of nitrogens with two attached hydrogens (primary N) is 1. The molecular weight excluding hydrogens is 210 g/mol. The van der Waals surface area contributed by atoms with E-state index in [1.165, 1.54) is 0 Å². The fourth-order valence-corrected chi connectivity index (χ4v) is 1.52. The van der Waals surface area contributed by atoms with Crippen molar-refractivity contribution in [3.63, 3.8) is 0 Å². The number of rotatable bonds is 4. The lowest BCUT2D eigenvalue weighted by atomic mass is 10.0. The maximum Gasteiger partial charge on any atom is 0.239 e. The van der Waals surface area contributed by atoms with Gasteiger partial charge in [-0.25, -0.2) is 10.8 Å². The summed E-state index contributed by atoms with van der Waals surface area (Å²) >= 11 is 0. The number of hydrazine groups is 1. The van der Waals surface area contributed by atoms with Crippen molar-refractivity contribution in [2.45, 2.75) is 12.0 Å². The highest BCUT2D eigenvalue weighted by atomic mass is 16.5. The molecule has 0 amide bonds. The van der Waals surface area contributed by atoms with Crippen LogP contribution >= 0.6 is 0 Å². The molecule has 88 valence electrons. The van der Waals surface area contributed by atoms with Crippen molar-refractivity contribution in [3.05, 3.63) is 12.3 Å². The molecule has 0 saturated carbocycles. The van der Waals surface area contributed by atoms with E-state index in [0.29, 0.717) is 37.9 Å². The monoisotopic (exact) mass is 225 g/mol. The van der Waals surface area contributed by atoms with Crippen LogP contribution in [0.3, 0.4) is 0 Å². The molecule has 0 aromatic carbocycles. The molecule has 0 bridgehead atoms. The van der Waals surface area contributed by atoms with Crippen molar-refractivity contribution in [1.82, 2.24) is 9.97 Å². The minimum atomic E-state index is -0.804. The molecule has 5 N–H and O–H groups in total. The van der Waals surface area contributed by atoms with Crippen molar-refractivity contribution in [2.75, 3.05) is 30.5 Å². The van der Waals surface area contributed by atoms with Crippen LogP contribution < -0.4 is 16.6 Å². The van der Waals surface area contributed by atoms with Crippen LogP contribution in [-0.4, -0.2) is 40.4 Å². The minimum Gasteiger partial charge on any atom is -0.386 e. The van der Waals surface area contributed by atoms with Gasteiger partial charge in [0.2, 0.25) is 5.95 Å². The standard InChI is InChI=1S/C9H15N5O2/c10-14-8-11-3-1-7(13-8)12-5-9(15)2-4-16-6-9/h1,3,15H,2,4-6,10H2,(H2,11,12,13,14). The molecule has 1 atom stereocenters. The van der Waals surface area contributed by atoms with Crippen LogP contribution in [0.5, 0.6) is 0 Å². The van der Waals surface area contributed by atoms with Crippen LogP contribution in [0.25, 0.3) is 0 Å². The van der Waals surface area contributed by atoms with E-state index in [4.69, 9.17) is 10.6 Å². The number of aliphatic hydroxyl groups is 1. The predicted molar refractivity (Wildman–Crippen MR) is 58.7 cm³/mol. The summed E-state index contributed by atoms with van der Waals surface area (Å²) in [4.78, 5) is 7.95. The van der Waals surface area contributed by atoms with E-state index in [9.17, 15) is 5.11 Å². The molecule has 1 saturated heterocycles. The number of nitrogens with zero attached hydrogens (tertiary/aromatic N) is 2. The molecule has 2 heterocycles. The molecule has 1 aromatic heterocycles. The Morgan fingerprint density at radius 2 is 2.50 bits per heavy atom. The van der Waals surface area contributed by atoms with Gasteiger partial charge < -0.3 is 15.2 Å². The maximum absolute atomic E-state index is 10.0. The van der Waals surface area contributed by atoms with Gasteiger partial charge in [0.1, 0.15) is 11.4 Å². The van der Waals surface area contributed by atoms with Gasteiger partial charge in [0.25, 0.3) is 0 Å². The number of nitrogen functional groups attached to an aromatic ring is 1. The quantitative estimate of drug-likeness (QED) is 0.397. The molecule has 1 aromatic rings. The zero-order chi connectivity index (χ0) is 11.4. The first-order chi connectivity index (χ1) is 7.72. The number of aromatic nitrogens is 2. The molecule has 1 unspecified atom stereocenters. The Balaban J connectivity index is 1.93. The third-order valence-corrected chi connectivity index (χ3v) is 2.47. The molecule has 2 rings (SSSR count). The number of ether oxygens (including phenoxy) is 1. The van der Waals surface area contributed by atoms with Gasteiger partial charge in [-0.2, -0.15) is 4.98 Å². The Labute approximate surface area is 93.0 Å². The number of nitrogens with one attached hydrogen (secondary N) is 2. The summed E-state index contributed by atoms with van der Waals surface area (Å²) in [6, 6.07) is 1.71. The first-order valence-electron chi connectivity index (χ1n) is 5.05. The average Bonchev–Trinajstić information content (AvgIpc) is 2.75. The molecule has 1 aliphatic heterocycles. The lowest BCUT2D eigenvalue weighted by Crippen LogP contribution is -2.37. The highest BCUT2D eigenvalue weighted by molar-refractivity contribution is 5.39. The lowest BCUT2D eigenvalue weighted by molar-refractivity contribution is 0.0381. The highest BCUT2D eigenvalue weighted by Gasteiger charge is 2.31. The summed E-state index contributed by atoms with van der Waals surface area (Å²) in [7, 11) is 0. The third kappa shape index (κ3) is 2.57. The van der Waals surface area contributed by atoms with Crippen LogP contribution in [0.4, 0.5) is 11.8 Å². The van der Waals surface area contributed by atoms with Crippen molar-refractivity contribution in [1.29, 1.82) is 0 Å². The van der Waals surface area contributed by atoms with Crippen LogP contribution in [0.2, 0.25) is 0 Å². The molecule has 7 heteroatoms. The SMILES string of the molecule is NNc1nccc(NCC2(O)CCOC2)n1. The Morgan fingerprint density at radius 3 is 3.19 bits per heavy atom. The molecule has 0 aliphatic carbocycles. The van der Waals surface area contributed by atoms with E-state index in [1.54, 1.807) is 12.3 Å². The number of anilines is 2. The van der Waals surface area contributed by atoms with Gasteiger partial charge in [0.15, 0.2) is 0 Å². The van der Waals surface area contributed by atoms with Gasteiger partial charge in [0.05, 0.1) is 6.61 Å². The topological polar surface area (TPSA) is 105 Å². The van der Waals surface area contributed by atoms with Crippen LogP contribution in [-0.2, 0) is 4.74 Å². The Kier molecular flexibility index (Phi) is 3.18. The van der Waals surface area contributed by atoms with Gasteiger partial charge in [-0.05, 0) is 6.07 Å². The largest absolute Gasteiger partial charge is 0.386 e. The van der Waals surface area contributed by atoms with Gasteiger partial charge in [-0.1, -0.05) is 0 Å². The second kappa shape index (κ2) is 4.60. The van der Waals surface area contributed by atoms with Crippen molar-refractivity contribution < 1.29 is 9.84 Å². The summed E-state index contributed by atoms with van der Waals surface area (Å²) in [5.74, 6) is 6.14. The summed E-state index contributed by atoms with van der Waals surface area (Å²) in [5.41, 5.74) is 1.55. The summed E-state index contributed by atoms with van der Waals surface area (Å²) in [6.07, 6.45) is 2.22. The molecule has 16 heavy (non-hydrogen) atoms. The van der Waals surface area contributed by atoms with E-state index in [0.717, 1.165) is 0 Å². The molecule has 0 radical (unpaired) electrons. The summed E-state index contributed by atoms with van der Waals surface area (Å²) < 4.78 is 5.14. The van der Waals surface area contributed by atoms with E-state index in [-0.39, 0.29) is 0 Å². The van der Waals surface area contributed by atoms with Crippen LogP contribution in [0.1, 0.15) is 6.42 Å². The van der Waals surface area contributed by atoms with E-state index in [1.807, 2.05) is 0 Å². The average molecular weight is 225 g/mol. The van der Waals surface area contributed by atoms with Gasteiger partial charge in [-0.3, -0.25) is 5.43 Å². The second-order valence-electron chi connectivity index (χ2n) is 3.79. The molecular formula is C9H15N5O2. The Morgan fingerprint density at radius 1 is 1.62 bits per heavy atom. The van der Waals surface area contributed by atoms with Crippen molar-refractivity contribution in [3.8, 4) is 0 Å². The Hall–Kier alpha value is -1.44. The zero-order valence-corrected chi connectivity index (χ0v) is 8.81. The third-order valence-electron chi connectivity index (χ3n) is 2.47. The number of hydrogen-bond donors (Lipinski definition) is 4. The maximum atomic E-state index is 10.0. The smallest absolute Gasteiger partial charge is 0.239 e. The molecule has 0 spiro atoms. The van der Waals surface area contributed by atoms with Gasteiger partial charge >= 0.3 is 0 Å². The van der Waals surface area contributed by atoms with E-state index < -0.39 is 5.60 Å². The van der Waals surface area contributed by atoms with E-state index in [2.05, 4.69) is 20.7 Å². The van der Waals surface area contributed by atoms with E-state index >= 15 is 0 Å². The predicted octanol–water partition coefficient (Wildman–Crippen LogP) is -0.675. The lowest BCUT2D eigenvalue weighted by Gasteiger charge is -2.20. The first kappa shape index (κ1) is 11.1. The fraction of sp³-hybridized carbons (Fsp3) is 0.556. The zero-order valence-electron chi connectivity index (χ0n) is 8.81. The van der Waals surface area contributed by atoms with Gasteiger partial charge in [0, 0.05) is 25.8 Å². The summed E-state index contributed by atoms with van der Waals surface area (Å²) in [6.45, 7) is 1.35. The van der Waals surface area contributed by atoms with Gasteiger partial charge in [-0.15, -0.1) is 0 Å². The van der Waals surface area contributed by atoms with Crippen molar-refractivity contribution >= 4 is 11.8 Å². The highest BCUT2D eigenvalue weighted by Crippen LogP contribution is 2.18. The minimum absolute atomic E-state index is 0.333. The second-order valence-corrected chi connectivity index (χ2v) is 3.79. The molecule has 1 aliphatic rings. The number of hydrogen-bond acceptors (Lipinski definition) is 7. The molecule has 7 nitrogen and oxygen atoms in total. The normalized spacial score (nSPS) is 24.4. The van der Waals surface area contributed by atoms with Crippen LogP contribution in [0, 0.1) is 0 Å².